The number of halogens is 12. The molecular formula is C16H21F11INO. The molecule has 14 heteroatoms. The fourth-order valence-electron chi connectivity index (χ4n) is 2.29. The third-order valence-corrected chi connectivity index (χ3v) is 4.99. The van der Waals surface area contributed by atoms with Crippen molar-refractivity contribution in [2.45, 2.75) is 85.7 Å². The molecule has 0 aromatic rings. The zero-order chi connectivity index (χ0) is 24.0. The summed E-state index contributed by atoms with van der Waals surface area (Å²) in [5.41, 5.74) is 0. The largest absolute Gasteiger partial charge is 0.460 e. The number of amides is 1. The second kappa shape index (κ2) is 10.8. The van der Waals surface area contributed by atoms with Gasteiger partial charge in [0, 0.05) is 23.3 Å². The van der Waals surface area contributed by atoms with Crippen molar-refractivity contribution < 1.29 is 53.1 Å². The van der Waals surface area contributed by atoms with Crippen molar-refractivity contribution in [2.24, 2.45) is 0 Å². The Kier molecular flexibility index (Phi) is 10.6. The monoisotopic (exact) mass is 579 g/mol. The van der Waals surface area contributed by atoms with Crippen molar-refractivity contribution in [3.8, 4) is 0 Å². The molecule has 0 spiro atoms. The highest BCUT2D eigenvalue weighted by Crippen LogP contribution is 2.58. The van der Waals surface area contributed by atoms with Gasteiger partial charge in [0.2, 0.25) is 5.91 Å². The molecule has 2 nitrogen and oxygen atoms in total. The van der Waals surface area contributed by atoms with E-state index in [4.69, 9.17) is 0 Å². The van der Waals surface area contributed by atoms with Gasteiger partial charge in [-0.15, -0.1) is 0 Å². The van der Waals surface area contributed by atoms with Crippen molar-refractivity contribution in [1.82, 2.24) is 5.32 Å². The lowest BCUT2D eigenvalue weighted by Crippen LogP contribution is -2.66. The fraction of sp³-hybridized carbons (Fsp3) is 0.938. The molecule has 0 aliphatic heterocycles. The average Bonchev–Trinajstić information content (AvgIpc) is 2.57. The number of carbonyl (C=O) groups excluding carboxylic acids is 1. The summed E-state index contributed by atoms with van der Waals surface area (Å²) in [6, 6.07) is 0. The Morgan fingerprint density at radius 3 is 1.77 bits per heavy atom. The molecule has 1 amide bonds. The Hall–Kier alpha value is -0.570. The van der Waals surface area contributed by atoms with Crippen LogP contribution in [0.5, 0.6) is 0 Å². The highest BCUT2D eigenvalue weighted by molar-refractivity contribution is 14.1. The maximum atomic E-state index is 13.7. The van der Waals surface area contributed by atoms with E-state index in [1.54, 1.807) is 0 Å². The van der Waals surface area contributed by atoms with Crippen LogP contribution >= 0.6 is 22.6 Å². The lowest BCUT2D eigenvalue weighted by atomic mass is 9.95. The first kappa shape index (κ1) is 29.4. The van der Waals surface area contributed by atoms with Crippen molar-refractivity contribution in [3.63, 3.8) is 0 Å². The second-order valence-electron chi connectivity index (χ2n) is 6.70. The van der Waals surface area contributed by atoms with Gasteiger partial charge in [-0.05, 0) is 6.42 Å². The summed E-state index contributed by atoms with van der Waals surface area (Å²) < 4.78 is 141. The van der Waals surface area contributed by atoms with Gasteiger partial charge in [-0.3, -0.25) is 4.79 Å². The minimum Gasteiger partial charge on any atom is -0.355 e. The van der Waals surface area contributed by atoms with Crippen LogP contribution in [0.25, 0.3) is 0 Å². The van der Waals surface area contributed by atoms with Gasteiger partial charge in [-0.1, -0.05) is 55.2 Å². The minimum atomic E-state index is -7.40. The molecule has 30 heavy (non-hydrogen) atoms. The molecule has 1 unspecified atom stereocenters. The normalized spacial score (nSPS) is 15.2. The van der Waals surface area contributed by atoms with E-state index in [0.717, 1.165) is 41.9 Å². The Labute approximate surface area is 179 Å². The molecule has 0 saturated carbocycles. The van der Waals surface area contributed by atoms with Gasteiger partial charge in [0.1, 0.15) is 0 Å². The fourth-order valence-corrected chi connectivity index (χ4v) is 3.06. The third-order valence-electron chi connectivity index (χ3n) is 4.11. The Morgan fingerprint density at radius 1 is 0.800 bits per heavy atom. The Bertz CT molecular complexity index is 552. The molecular weight excluding hydrogens is 558 g/mol. The summed E-state index contributed by atoms with van der Waals surface area (Å²) in [6.45, 7) is 1.27. The van der Waals surface area contributed by atoms with Crippen molar-refractivity contribution >= 4 is 28.5 Å². The van der Waals surface area contributed by atoms with E-state index in [9.17, 15) is 53.1 Å². The molecule has 0 aliphatic carbocycles. The predicted molar refractivity (Wildman–Crippen MR) is 94.7 cm³/mol. The van der Waals surface area contributed by atoms with E-state index in [1.165, 1.54) is 0 Å². The third kappa shape index (κ3) is 6.97. The number of hydrogen-bond donors (Lipinski definition) is 1. The van der Waals surface area contributed by atoms with E-state index in [-0.39, 0.29) is 6.42 Å². The summed E-state index contributed by atoms with van der Waals surface area (Å²) in [4.78, 5) is 11.5. The average molecular weight is 579 g/mol. The molecule has 0 saturated heterocycles. The minimum absolute atomic E-state index is 0.00446. The van der Waals surface area contributed by atoms with Crippen LogP contribution in [-0.2, 0) is 4.79 Å². The molecule has 0 aromatic heterocycles. The van der Waals surface area contributed by atoms with Crippen LogP contribution in [0, 0.1) is 0 Å². The standard InChI is InChI=1S/C16H21F11INO/c1-2-3-4-5-6-7-11(30)29-9-10(28)8-12(17,18)13(19,20)14(21,22)15(23,24)16(25,26)27/h10H,2-9H2,1H3,(H,29,30). The molecule has 0 aromatic carbocycles. The number of carbonyl (C=O) groups is 1. The molecule has 1 N–H and O–H groups in total. The number of alkyl halides is 12. The van der Waals surface area contributed by atoms with E-state index in [2.05, 4.69) is 5.32 Å². The lowest BCUT2D eigenvalue weighted by molar-refractivity contribution is -0.422. The highest BCUT2D eigenvalue weighted by Gasteiger charge is 2.86. The quantitative estimate of drug-likeness (QED) is 0.111. The second-order valence-corrected chi connectivity index (χ2v) is 8.46. The zero-order valence-corrected chi connectivity index (χ0v) is 17.8. The van der Waals surface area contributed by atoms with E-state index in [1.807, 2.05) is 6.92 Å². The summed E-state index contributed by atoms with van der Waals surface area (Å²) in [7, 11) is 0. The first-order valence-corrected chi connectivity index (χ1v) is 10.1. The van der Waals surface area contributed by atoms with Gasteiger partial charge in [-0.2, -0.15) is 48.3 Å². The highest BCUT2D eigenvalue weighted by atomic mass is 127. The van der Waals surface area contributed by atoms with Gasteiger partial charge < -0.3 is 5.32 Å². The van der Waals surface area contributed by atoms with E-state index in [0.29, 0.717) is 12.8 Å². The summed E-state index contributed by atoms with van der Waals surface area (Å²) in [5, 5.41) is 2.10. The SMILES string of the molecule is CCCCCCCC(=O)NCC(I)CC(F)(F)C(F)(F)C(F)(F)C(F)(F)C(F)(F)F. The van der Waals surface area contributed by atoms with Gasteiger partial charge in [0.25, 0.3) is 0 Å². The van der Waals surface area contributed by atoms with Gasteiger partial charge in [0.05, 0.1) is 0 Å². The molecule has 180 valence electrons. The van der Waals surface area contributed by atoms with Crippen LogP contribution in [0.1, 0.15) is 51.9 Å². The van der Waals surface area contributed by atoms with Crippen LogP contribution in [-0.4, -0.2) is 46.2 Å². The van der Waals surface area contributed by atoms with E-state index < -0.39 is 52.7 Å². The molecule has 0 radical (unpaired) electrons. The van der Waals surface area contributed by atoms with Gasteiger partial charge >= 0.3 is 29.9 Å². The topological polar surface area (TPSA) is 29.1 Å². The molecule has 0 heterocycles. The number of unbranched alkanes of at least 4 members (excludes halogenated alkanes) is 4. The van der Waals surface area contributed by atoms with Crippen molar-refractivity contribution in [3.05, 3.63) is 0 Å². The maximum absolute atomic E-state index is 13.7. The molecule has 0 aliphatic rings. The van der Waals surface area contributed by atoms with Crippen molar-refractivity contribution in [1.29, 1.82) is 0 Å². The first-order chi connectivity index (χ1) is 13.3. The van der Waals surface area contributed by atoms with Crippen LogP contribution < -0.4 is 5.32 Å². The van der Waals surface area contributed by atoms with Crippen LogP contribution in [0.2, 0.25) is 0 Å². The summed E-state index contributed by atoms with van der Waals surface area (Å²) in [5.74, 6) is -28.3. The van der Waals surface area contributed by atoms with E-state index >= 15 is 0 Å². The molecule has 0 bridgehead atoms. The predicted octanol–water partition coefficient (Wildman–Crippen LogP) is 6.76. The Balaban J connectivity index is 4.97. The maximum Gasteiger partial charge on any atom is 0.460 e. The smallest absolute Gasteiger partial charge is 0.355 e. The van der Waals surface area contributed by atoms with Crippen LogP contribution in [0.15, 0.2) is 0 Å². The molecule has 0 fully saturated rings. The number of rotatable bonds is 13. The van der Waals surface area contributed by atoms with Gasteiger partial charge in [0.15, 0.2) is 0 Å². The molecule has 1 atom stereocenters. The Morgan fingerprint density at radius 2 is 1.30 bits per heavy atom. The van der Waals surface area contributed by atoms with Gasteiger partial charge in [-0.25, -0.2) is 0 Å². The lowest BCUT2D eigenvalue weighted by Gasteiger charge is -2.37. The summed E-state index contributed by atoms with van der Waals surface area (Å²) in [6.07, 6.45) is -5.42. The van der Waals surface area contributed by atoms with Crippen LogP contribution in [0.4, 0.5) is 48.3 Å². The summed E-state index contributed by atoms with van der Waals surface area (Å²) >= 11 is 1.08. The first-order valence-electron chi connectivity index (χ1n) is 8.84. The number of hydrogen-bond acceptors (Lipinski definition) is 1. The number of nitrogens with one attached hydrogen (secondary N) is 1. The van der Waals surface area contributed by atoms with Crippen LogP contribution in [0.3, 0.4) is 0 Å². The van der Waals surface area contributed by atoms with Crippen molar-refractivity contribution in [2.75, 3.05) is 6.54 Å². The zero-order valence-electron chi connectivity index (χ0n) is 15.7. The molecule has 0 rings (SSSR count).